The van der Waals surface area contributed by atoms with E-state index in [1.54, 1.807) is 20.8 Å². The van der Waals surface area contributed by atoms with Crippen LogP contribution in [0.25, 0.3) is 0 Å². The number of carbonyl (C=O) groups is 1. The van der Waals surface area contributed by atoms with Crippen molar-refractivity contribution in [2.45, 2.75) is 51.1 Å². The van der Waals surface area contributed by atoms with E-state index >= 15 is 4.39 Å². The highest BCUT2D eigenvalue weighted by molar-refractivity contribution is 7.84. The molecule has 0 heterocycles. The van der Waals surface area contributed by atoms with Crippen molar-refractivity contribution in [3.63, 3.8) is 0 Å². The Hall–Kier alpha value is -1.67. The van der Waals surface area contributed by atoms with Gasteiger partial charge in [0.2, 0.25) is 5.83 Å². The summed E-state index contributed by atoms with van der Waals surface area (Å²) >= 11 is 0. The van der Waals surface area contributed by atoms with Crippen molar-refractivity contribution in [1.29, 1.82) is 0 Å². The first-order valence-electron chi connectivity index (χ1n) is 8.06. The van der Waals surface area contributed by atoms with Crippen LogP contribution in [0, 0.1) is 5.82 Å². The van der Waals surface area contributed by atoms with Crippen LogP contribution in [0.3, 0.4) is 0 Å². The molecule has 0 radical (unpaired) electrons. The van der Waals surface area contributed by atoms with Gasteiger partial charge in [-0.15, -0.1) is 0 Å². The van der Waals surface area contributed by atoms with Crippen LogP contribution in [-0.2, 0) is 26.1 Å². The van der Waals surface area contributed by atoms with Crippen molar-refractivity contribution in [1.82, 2.24) is 4.72 Å². The highest BCUT2D eigenvalue weighted by Gasteiger charge is 2.41. The minimum absolute atomic E-state index is 0.0755. The SMILES string of the molecule is CCOC(=O)C(F)=C[C@@H](F)[C@](C)(N[S@](=O)C(C)(C)C)c1ccccc1F. The number of alkyl halides is 1. The molecule has 0 unspecified atom stereocenters. The van der Waals surface area contributed by atoms with Crippen LogP contribution in [0.15, 0.2) is 36.2 Å². The van der Waals surface area contributed by atoms with Crippen LogP contribution in [0.1, 0.15) is 40.2 Å². The Morgan fingerprint density at radius 2 is 1.88 bits per heavy atom. The quantitative estimate of drug-likeness (QED) is 0.567. The second-order valence-corrected chi connectivity index (χ2v) is 8.77. The lowest BCUT2D eigenvalue weighted by Crippen LogP contribution is -2.51. The molecule has 1 aromatic rings. The van der Waals surface area contributed by atoms with Crippen molar-refractivity contribution in [2.24, 2.45) is 0 Å². The molecule has 1 aromatic carbocycles. The van der Waals surface area contributed by atoms with Gasteiger partial charge in [-0.3, -0.25) is 0 Å². The largest absolute Gasteiger partial charge is 0.461 e. The van der Waals surface area contributed by atoms with E-state index in [0.29, 0.717) is 6.08 Å². The summed E-state index contributed by atoms with van der Waals surface area (Å²) in [5, 5.41) is 0. The zero-order valence-corrected chi connectivity index (χ0v) is 16.3. The predicted molar refractivity (Wildman–Crippen MR) is 95.5 cm³/mol. The maximum atomic E-state index is 15.0. The molecule has 1 rings (SSSR count). The molecule has 0 aliphatic rings. The first kappa shape index (κ1) is 22.4. The normalized spacial score (nSPS) is 17.3. The molecule has 1 N–H and O–H groups in total. The first-order valence-corrected chi connectivity index (χ1v) is 9.21. The van der Waals surface area contributed by atoms with Crippen molar-refractivity contribution >= 4 is 17.0 Å². The molecule has 4 nitrogen and oxygen atoms in total. The first-order chi connectivity index (χ1) is 11.9. The van der Waals surface area contributed by atoms with E-state index in [1.165, 1.54) is 32.0 Å². The van der Waals surface area contributed by atoms with E-state index in [-0.39, 0.29) is 12.2 Å². The van der Waals surface area contributed by atoms with Crippen molar-refractivity contribution in [3.05, 3.63) is 47.5 Å². The lowest BCUT2D eigenvalue weighted by Gasteiger charge is -2.35. The topological polar surface area (TPSA) is 55.4 Å². The van der Waals surface area contributed by atoms with Gasteiger partial charge in [0.1, 0.15) is 12.0 Å². The Bertz CT molecular complexity index is 703. The highest BCUT2D eigenvalue weighted by atomic mass is 32.2. The summed E-state index contributed by atoms with van der Waals surface area (Å²) < 4.78 is 62.0. The van der Waals surface area contributed by atoms with E-state index < -0.39 is 45.1 Å². The second kappa shape index (κ2) is 8.81. The molecule has 0 amide bonds. The van der Waals surface area contributed by atoms with Crippen LogP contribution in [0.2, 0.25) is 0 Å². The second-order valence-electron chi connectivity index (χ2n) is 6.80. The Kier molecular flexibility index (Phi) is 7.58. The maximum Gasteiger partial charge on any atom is 0.366 e. The molecule has 0 aromatic heterocycles. The van der Waals surface area contributed by atoms with Gasteiger partial charge >= 0.3 is 5.97 Å². The number of nitrogens with one attached hydrogen (secondary N) is 1. The minimum atomic E-state index is -2.20. The monoisotopic (exact) mass is 391 g/mol. The third kappa shape index (κ3) is 5.41. The lowest BCUT2D eigenvalue weighted by molar-refractivity contribution is -0.140. The Balaban J connectivity index is 3.36. The number of benzene rings is 1. The van der Waals surface area contributed by atoms with Crippen molar-refractivity contribution < 1.29 is 26.9 Å². The molecule has 0 aliphatic carbocycles. The number of rotatable bonds is 7. The number of halogens is 3. The van der Waals surface area contributed by atoms with Gasteiger partial charge < -0.3 is 4.74 Å². The molecule has 0 saturated heterocycles. The molecular weight excluding hydrogens is 367 g/mol. The van der Waals surface area contributed by atoms with Crippen LogP contribution in [0.4, 0.5) is 13.2 Å². The van der Waals surface area contributed by atoms with E-state index in [2.05, 4.69) is 9.46 Å². The smallest absolute Gasteiger partial charge is 0.366 e. The average Bonchev–Trinajstić information content (AvgIpc) is 2.54. The summed E-state index contributed by atoms with van der Waals surface area (Å²) in [6.45, 7) is 7.62. The molecule has 146 valence electrons. The molecule has 0 bridgehead atoms. The Morgan fingerprint density at radius 3 is 2.38 bits per heavy atom. The van der Waals surface area contributed by atoms with Gasteiger partial charge in [-0.1, -0.05) is 18.2 Å². The number of ether oxygens (including phenoxy) is 1. The number of hydrogen-bond donors (Lipinski definition) is 1. The number of esters is 1. The number of hydrogen-bond acceptors (Lipinski definition) is 3. The maximum absolute atomic E-state index is 15.0. The zero-order valence-electron chi connectivity index (χ0n) is 15.4. The molecule has 8 heteroatoms. The lowest BCUT2D eigenvalue weighted by atomic mass is 9.87. The van der Waals surface area contributed by atoms with Gasteiger partial charge in [-0.2, -0.15) is 4.39 Å². The van der Waals surface area contributed by atoms with Gasteiger partial charge in [-0.05, 0) is 46.8 Å². The standard InChI is InChI=1S/C18H24F3NO3S/c1-6-25-16(23)14(20)11-15(21)18(5,22-26(24)17(2,3)4)12-9-7-8-10-13(12)19/h7-11,15,22H,6H2,1-5H3/t15-,18-,26-/m1/s1. The molecule has 0 fully saturated rings. The van der Waals surface area contributed by atoms with Crippen molar-refractivity contribution in [2.75, 3.05) is 6.61 Å². The van der Waals surface area contributed by atoms with Gasteiger partial charge in [0.05, 0.1) is 27.9 Å². The van der Waals surface area contributed by atoms with Gasteiger partial charge in [0.25, 0.3) is 0 Å². The minimum Gasteiger partial charge on any atom is -0.461 e. The summed E-state index contributed by atoms with van der Waals surface area (Å²) in [7, 11) is -1.79. The summed E-state index contributed by atoms with van der Waals surface area (Å²) in [5.74, 6) is -3.51. The van der Waals surface area contributed by atoms with Gasteiger partial charge in [-0.25, -0.2) is 22.5 Å². The van der Waals surface area contributed by atoms with Crippen LogP contribution in [0.5, 0.6) is 0 Å². The van der Waals surface area contributed by atoms with Gasteiger partial charge in [0, 0.05) is 5.56 Å². The van der Waals surface area contributed by atoms with Crippen LogP contribution < -0.4 is 4.72 Å². The third-order valence-corrected chi connectivity index (χ3v) is 5.33. The summed E-state index contributed by atoms with van der Waals surface area (Å²) in [6.07, 6.45) is -1.80. The Morgan fingerprint density at radius 1 is 1.31 bits per heavy atom. The van der Waals surface area contributed by atoms with E-state index in [1.807, 2.05) is 0 Å². The van der Waals surface area contributed by atoms with Crippen LogP contribution >= 0.6 is 0 Å². The van der Waals surface area contributed by atoms with Crippen molar-refractivity contribution in [3.8, 4) is 0 Å². The molecule has 3 atom stereocenters. The van der Waals surface area contributed by atoms with E-state index in [0.717, 1.165) is 6.07 Å². The summed E-state index contributed by atoms with van der Waals surface area (Å²) in [5.41, 5.74) is -2.02. The summed E-state index contributed by atoms with van der Waals surface area (Å²) in [6, 6.07) is 5.33. The fraction of sp³-hybridized carbons (Fsp3) is 0.500. The van der Waals surface area contributed by atoms with Gasteiger partial charge in [0.15, 0.2) is 0 Å². The molecule has 0 saturated carbocycles. The molecular formula is C18H24F3NO3S. The predicted octanol–water partition coefficient (Wildman–Crippen LogP) is 3.85. The fourth-order valence-corrected chi connectivity index (χ4v) is 2.96. The highest BCUT2D eigenvalue weighted by Crippen LogP contribution is 2.32. The Labute approximate surface area is 154 Å². The van der Waals surface area contributed by atoms with Crippen LogP contribution in [-0.4, -0.2) is 27.7 Å². The molecule has 0 spiro atoms. The number of carbonyl (C=O) groups excluding carboxylic acids is 1. The van der Waals surface area contributed by atoms with E-state index in [9.17, 15) is 17.8 Å². The van der Waals surface area contributed by atoms with E-state index in [4.69, 9.17) is 0 Å². The average molecular weight is 391 g/mol. The molecule has 26 heavy (non-hydrogen) atoms. The fourth-order valence-electron chi connectivity index (χ4n) is 2.05. The summed E-state index contributed by atoms with van der Waals surface area (Å²) in [4.78, 5) is 11.4. The molecule has 0 aliphatic heterocycles. The third-order valence-electron chi connectivity index (χ3n) is 3.61. The zero-order chi connectivity index (χ0) is 20.1.